The molecule has 0 radical (unpaired) electrons. The average molecular weight is 268 g/mol. The van der Waals surface area contributed by atoms with Crippen molar-refractivity contribution in [3.05, 3.63) is 58.1 Å². The molecule has 0 spiro atoms. The Hall–Kier alpha value is -2.62. The highest BCUT2D eigenvalue weighted by Gasteiger charge is 2.34. The third-order valence-electron chi connectivity index (χ3n) is 3.57. The lowest BCUT2D eigenvalue weighted by Gasteiger charge is -2.19. The SMILES string of the molecule is CCc1cc(O)c2c(c1)C(=O)c1cccc(O)c1C2=O. The molecule has 0 aliphatic heterocycles. The number of benzene rings is 2. The van der Waals surface area contributed by atoms with E-state index in [1.54, 1.807) is 6.07 Å². The number of fused-ring (bicyclic) bond motifs is 2. The number of aryl methyl sites for hydroxylation is 1. The largest absolute Gasteiger partial charge is 0.507 e. The summed E-state index contributed by atoms with van der Waals surface area (Å²) in [6, 6.07) is 7.49. The number of ketones is 2. The first-order valence-corrected chi connectivity index (χ1v) is 6.31. The average Bonchev–Trinajstić information content (AvgIpc) is 2.43. The molecule has 0 aromatic heterocycles. The number of phenols is 2. The van der Waals surface area contributed by atoms with Crippen molar-refractivity contribution in [3.63, 3.8) is 0 Å². The van der Waals surface area contributed by atoms with Crippen LogP contribution >= 0.6 is 0 Å². The fraction of sp³-hybridized carbons (Fsp3) is 0.125. The number of rotatable bonds is 1. The number of hydrogen-bond donors (Lipinski definition) is 2. The molecule has 0 amide bonds. The Morgan fingerprint density at radius 2 is 1.60 bits per heavy atom. The fourth-order valence-corrected chi connectivity index (χ4v) is 2.54. The monoisotopic (exact) mass is 268 g/mol. The van der Waals surface area contributed by atoms with Crippen molar-refractivity contribution < 1.29 is 19.8 Å². The second kappa shape index (κ2) is 4.20. The molecule has 0 saturated carbocycles. The molecule has 0 unspecified atom stereocenters. The molecule has 1 aliphatic carbocycles. The smallest absolute Gasteiger partial charge is 0.201 e. The Labute approximate surface area is 115 Å². The number of phenolic OH excluding ortho intramolecular Hbond substituents is 2. The van der Waals surface area contributed by atoms with Gasteiger partial charge in [0, 0.05) is 11.1 Å². The summed E-state index contributed by atoms with van der Waals surface area (Å²) in [7, 11) is 0. The van der Waals surface area contributed by atoms with Crippen LogP contribution in [0, 0.1) is 0 Å². The number of aromatic hydroxyl groups is 2. The van der Waals surface area contributed by atoms with Crippen molar-refractivity contribution >= 4 is 11.6 Å². The zero-order valence-electron chi connectivity index (χ0n) is 10.8. The lowest BCUT2D eigenvalue weighted by Crippen LogP contribution is -2.21. The van der Waals surface area contributed by atoms with Crippen molar-refractivity contribution in [2.24, 2.45) is 0 Å². The summed E-state index contributed by atoms with van der Waals surface area (Å²) < 4.78 is 0. The first-order chi connectivity index (χ1) is 9.54. The van der Waals surface area contributed by atoms with Gasteiger partial charge < -0.3 is 10.2 Å². The molecule has 0 saturated heterocycles. The van der Waals surface area contributed by atoms with Crippen LogP contribution in [0.3, 0.4) is 0 Å². The minimum absolute atomic E-state index is 0.0267. The van der Waals surface area contributed by atoms with Gasteiger partial charge in [-0.2, -0.15) is 0 Å². The van der Waals surface area contributed by atoms with Crippen LogP contribution in [-0.4, -0.2) is 21.8 Å². The maximum absolute atomic E-state index is 12.5. The van der Waals surface area contributed by atoms with E-state index in [0.29, 0.717) is 6.42 Å². The van der Waals surface area contributed by atoms with Gasteiger partial charge in [-0.15, -0.1) is 0 Å². The molecule has 0 bridgehead atoms. The maximum Gasteiger partial charge on any atom is 0.201 e. The van der Waals surface area contributed by atoms with Gasteiger partial charge in [0.1, 0.15) is 11.5 Å². The molecule has 4 nitrogen and oxygen atoms in total. The molecule has 4 heteroatoms. The van der Waals surface area contributed by atoms with E-state index in [2.05, 4.69) is 0 Å². The predicted octanol–water partition coefficient (Wildman–Crippen LogP) is 2.44. The molecule has 3 rings (SSSR count). The highest BCUT2D eigenvalue weighted by Crippen LogP contribution is 2.37. The van der Waals surface area contributed by atoms with Crippen LogP contribution in [0.15, 0.2) is 30.3 Å². The van der Waals surface area contributed by atoms with Crippen LogP contribution in [0.2, 0.25) is 0 Å². The standard InChI is InChI=1S/C16H12O4/c1-2-8-6-10-14(12(18)7-8)16(20)13-9(15(10)19)4-3-5-11(13)17/h3-7,17-18H,2H2,1H3. The van der Waals surface area contributed by atoms with Gasteiger partial charge in [-0.1, -0.05) is 19.1 Å². The van der Waals surface area contributed by atoms with Gasteiger partial charge in [0.25, 0.3) is 0 Å². The van der Waals surface area contributed by atoms with E-state index in [1.165, 1.54) is 24.3 Å². The third kappa shape index (κ3) is 1.54. The van der Waals surface area contributed by atoms with Crippen molar-refractivity contribution in [2.45, 2.75) is 13.3 Å². The molecule has 2 N–H and O–H groups in total. The van der Waals surface area contributed by atoms with Gasteiger partial charge >= 0.3 is 0 Å². The van der Waals surface area contributed by atoms with Gasteiger partial charge in [0.15, 0.2) is 5.78 Å². The predicted molar refractivity (Wildman–Crippen MR) is 72.5 cm³/mol. The topological polar surface area (TPSA) is 74.6 Å². The van der Waals surface area contributed by atoms with E-state index in [0.717, 1.165) is 5.56 Å². The second-order valence-electron chi connectivity index (χ2n) is 4.75. The van der Waals surface area contributed by atoms with Crippen molar-refractivity contribution in [1.82, 2.24) is 0 Å². The van der Waals surface area contributed by atoms with Gasteiger partial charge in [0.2, 0.25) is 5.78 Å². The summed E-state index contributed by atoms with van der Waals surface area (Å²) >= 11 is 0. The molecule has 0 heterocycles. The molecule has 0 fully saturated rings. The van der Waals surface area contributed by atoms with Gasteiger partial charge in [-0.3, -0.25) is 9.59 Å². The summed E-state index contributed by atoms with van der Waals surface area (Å²) in [5, 5.41) is 19.8. The Morgan fingerprint density at radius 1 is 0.900 bits per heavy atom. The lowest BCUT2D eigenvalue weighted by molar-refractivity contribution is 0.0974. The Bertz CT molecular complexity index is 759. The normalized spacial score (nSPS) is 13.1. The third-order valence-corrected chi connectivity index (χ3v) is 3.57. The van der Waals surface area contributed by atoms with Gasteiger partial charge in [0.05, 0.1) is 11.1 Å². The molecule has 100 valence electrons. The second-order valence-corrected chi connectivity index (χ2v) is 4.75. The summed E-state index contributed by atoms with van der Waals surface area (Å²) in [6.07, 6.45) is 0.648. The highest BCUT2D eigenvalue weighted by molar-refractivity contribution is 6.30. The minimum atomic E-state index is -0.521. The molecular formula is C16H12O4. The quantitative estimate of drug-likeness (QED) is 0.710. The summed E-state index contributed by atoms with van der Waals surface area (Å²) in [4.78, 5) is 24.9. The summed E-state index contributed by atoms with van der Waals surface area (Å²) in [5.74, 6) is -1.33. The van der Waals surface area contributed by atoms with Crippen molar-refractivity contribution in [3.8, 4) is 11.5 Å². The molecule has 2 aromatic carbocycles. The Balaban J connectivity index is 2.35. The van der Waals surface area contributed by atoms with E-state index in [9.17, 15) is 19.8 Å². The van der Waals surface area contributed by atoms with E-state index in [-0.39, 0.29) is 39.5 Å². The summed E-state index contributed by atoms with van der Waals surface area (Å²) in [6.45, 7) is 1.90. The number of hydrogen-bond acceptors (Lipinski definition) is 4. The van der Waals surface area contributed by atoms with E-state index in [1.807, 2.05) is 6.92 Å². The highest BCUT2D eigenvalue weighted by atomic mass is 16.3. The lowest BCUT2D eigenvalue weighted by atomic mass is 9.82. The molecular weight excluding hydrogens is 256 g/mol. The van der Waals surface area contributed by atoms with Gasteiger partial charge in [-0.05, 0) is 30.2 Å². The van der Waals surface area contributed by atoms with Crippen LogP contribution in [-0.2, 0) is 6.42 Å². The minimum Gasteiger partial charge on any atom is -0.507 e. The zero-order chi connectivity index (χ0) is 14.4. The van der Waals surface area contributed by atoms with Crippen LogP contribution in [0.5, 0.6) is 11.5 Å². The molecule has 20 heavy (non-hydrogen) atoms. The van der Waals surface area contributed by atoms with E-state index < -0.39 is 5.78 Å². The first kappa shape index (κ1) is 12.4. The Kier molecular flexibility index (Phi) is 2.61. The first-order valence-electron chi connectivity index (χ1n) is 6.31. The maximum atomic E-state index is 12.5. The fourth-order valence-electron chi connectivity index (χ4n) is 2.54. The van der Waals surface area contributed by atoms with E-state index >= 15 is 0 Å². The van der Waals surface area contributed by atoms with Crippen molar-refractivity contribution in [2.75, 3.05) is 0 Å². The molecule has 2 aromatic rings. The zero-order valence-corrected chi connectivity index (χ0v) is 10.8. The number of carbonyl (C=O) groups excluding carboxylic acids is 2. The summed E-state index contributed by atoms with van der Waals surface area (Å²) in [5.41, 5.74) is 1.09. The molecule has 1 aliphatic rings. The molecule has 0 atom stereocenters. The van der Waals surface area contributed by atoms with Crippen molar-refractivity contribution in [1.29, 1.82) is 0 Å². The van der Waals surface area contributed by atoms with Crippen LogP contribution in [0.25, 0.3) is 0 Å². The number of carbonyl (C=O) groups is 2. The van der Waals surface area contributed by atoms with Crippen LogP contribution in [0.1, 0.15) is 44.3 Å². The van der Waals surface area contributed by atoms with Gasteiger partial charge in [-0.25, -0.2) is 0 Å². The van der Waals surface area contributed by atoms with Crippen LogP contribution in [0.4, 0.5) is 0 Å². The Morgan fingerprint density at radius 3 is 2.30 bits per heavy atom. The van der Waals surface area contributed by atoms with Crippen LogP contribution < -0.4 is 0 Å². The van der Waals surface area contributed by atoms with E-state index in [4.69, 9.17) is 0 Å².